The molecule has 0 radical (unpaired) electrons. The van der Waals surface area contributed by atoms with Gasteiger partial charge in [0.05, 0.1) is 17.4 Å². The molecular formula is C40H47ClN14. The molecule has 0 fully saturated rings. The van der Waals surface area contributed by atoms with Gasteiger partial charge in [-0.15, -0.1) is 0 Å². The van der Waals surface area contributed by atoms with Gasteiger partial charge in [-0.2, -0.15) is 0 Å². The molecule has 0 aliphatic carbocycles. The van der Waals surface area contributed by atoms with Crippen molar-refractivity contribution in [2.45, 2.75) is 79.6 Å². The third-order valence-corrected chi connectivity index (χ3v) is 9.70. The monoisotopic (exact) mass is 758 g/mol. The van der Waals surface area contributed by atoms with E-state index in [9.17, 15) is 0 Å². The molecule has 14 nitrogen and oxygen atoms in total. The normalized spacial score (nSPS) is 14.3. The van der Waals surface area contributed by atoms with Crippen LogP contribution in [0.4, 0.5) is 17.5 Å². The van der Waals surface area contributed by atoms with Gasteiger partial charge in [0, 0.05) is 104 Å². The molecule has 55 heavy (non-hydrogen) atoms. The standard InChI is InChI=1S/C20H23N7.C13H13ClN4.C7H11N3/c1-13-4-5-19(23-8-13)27-7-6-18-17(11-27)20(25-12-24-18)26-14(2)16-9-21-15(3)22-10-16;1-9-2-3-12(15-6-9)18-5-4-11-10(7-18)13(14)17-8-16-11;1-5(8)7-3-9-6(2)10-4-7/h4-5,8-10,12,14H,6-7,11H2,1-3H3,(H,24,25,26);2-3,6,8H,4-5,7H2,1H3;3-5H,8H2,1-2H3/t14-;;5-/m1.1/s1. The Morgan fingerprint density at radius 1 is 0.600 bits per heavy atom. The molecule has 0 unspecified atom stereocenters. The highest BCUT2D eigenvalue weighted by Gasteiger charge is 2.24. The molecule has 15 heteroatoms. The summed E-state index contributed by atoms with van der Waals surface area (Å²) in [6.45, 7) is 15.1. The van der Waals surface area contributed by atoms with E-state index in [1.165, 1.54) is 6.33 Å². The first kappa shape index (κ1) is 39.0. The fourth-order valence-electron chi connectivity index (χ4n) is 6.01. The highest BCUT2D eigenvalue weighted by atomic mass is 35.5. The third-order valence-electron chi connectivity index (χ3n) is 9.37. The van der Waals surface area contributed by atoms with E-state index in [0.717, 1.165) is 113 Å². The van der Waals surface area contributed by atoms with Crippen LogP contribution in [-0.2, 0) is 25.9 Å². The van der Waals surface area contributed by atoms with E-state index in [2.05, 4.69) is 90.1 Å². The van der Waals surface area contributed by atoms with Crippen LogP contribution in [0.2, 0.25) is 5.15 Å². The molecule has 8 heterocycles. The fraction of sp³-hybridized carbons (Fsp3) is 0.350. The van der Waals surface area contributed by atoms with Gasteiger partial charge in [-0.05, 0) is 64.8 Å². The second kappa shape index (κ2) is 18.1. The summed E-state index contributed by atoms with van der Waals surface area (Å²) in [5, 5.41) is 4.06. The maximum atomic E-state index is 6.12. The van der Waals surface area contributed by atoms with Crippen LogP contribution in [-0.4, -0.2) is 62.9 Å². The molecular weight excluding hydrogens is 712 g/mol. The van der Waals surface area contributed by atoms with Crippen molar-refractivity contribution >= 4 is 29.1 Å². The van der Waals surface area contributed by atoms with Gasteiger partial charge < -0.3 is 20.9 Å². The number of rotatable bonds is 6. The Labute approximate surface area is 327 Å². The minimum Gasteiger partial charge on any atom is -0.363 e. The van der Waals surface area contributed by atoms with Crippen LogP contribution in [0.5, 0.6) is 0 Å². The maximum Gasteiger partial charge on any atom is 0.137 e. The lowest BCUT2D eigenvalue weighted by molar-refractivity contribution is 0.694. The highest BCUT2D eigenvalue weighted by Crippen LogP contribution is 2.29. The van der Waals surface area contributed by atoms with Crippen molar-refractivity contribution in [3.63, 3.8) is 0 Å². The van der Waals surface area contributed by atoms with E-state index in [-0.39, 0.29) is 12.1 Å². The molecule has 8 rings (SSSR count). The summed E-state index contributed by atoms with van der Waals surface area (Å²) in [5.74, 6) is 4.38. The van der Waals surface area contributed by atoms with Gasteiger partial charge in [0.25, 0.3) is 0 Å². The van der Waals surface area contributed by atoms with Crippen LogP contribution in [0.1, 0.15) is 82.3 Å². The number of hydrogen-bond acceptors (Lipinski definition) is 14. The number of nitrogens with two attached hydrogens (primary N) is 1. The molecule has 2 aliphatic rings. The molecule has 6 aromatic rings. The van der Waals surface area contributed by atoms with Crippen molar-refractivity contribution in [3.8, 4) is 0 Å². The molecule has 3 N–H and O–H groups in total. The van der Waals surface area contributed by atoms with E-state index in [1.807, 2.05) is 65.5 Å². The van der Waals surface area contributed by atoms with Gasteiger partial charge >= 0.3 is 0 Å². The SMILES string of the molecule is Cc1ccc(N2CCc3ncnc(Cl)c3C2)nc1.Cc1ccc(N2CCc3ncnc(N[C@H](C)c4cnc(C)nc4)c3C2)nc1.Cc1ncc([C@@H](C)N)cn1. The molecule has 284 valence electrons. The van der Waals surface area contributed by atoms with Gasteiger partial charge in [-0.1, -0.05) is 23.7 Å². The van der Waals surface area contributed by atoms with Gasteiger partial charge in [0.2, 0.25) is 0 Å². The lowest BCUT2D eigenvalue weighted by Crippen LogP contribution is -2.32. The van der Waals surface area contributed by atoms with Crippen LogP contribution in [0.3, 0.4) is 0 Å². The van der Waals surface area contributed by atoms with Gasteiger partial charge in [0.15, 0.2) is 0 Å². The Kier molecular flexibility index (Phi) is 12.8. The molecule has 6 aromatic heterocycles. The van der Waals surface area contributed by atoms with E-state index < -0.39 is 0 Å². The Balaban J connectivity index is 0.000000157. The van der Waals surface area contributed by atoms with E-state index in [0.29, 0.717) is 5.15 Å². The van der Waals surface area contributed by atoms with Crippen LogP contribution in [0.25, 0.3) is 0 Å². The van der Waals surface area contributed by atoms with E-state index >= 15 is 0 Å². The van der Waals surface area contributed by atoms with Crippen molar-refractivity contribution in [1.29, 1.82) is 0 Å². The van der Waals surface area contributed by atoms with Crippen LogP contribution in [0.15, 0.2) is 74.1 Å². The second-order valence-electron chi connectivity index (χ2n) is 13.7. The number of aromatic nitrogens is 10. The predicted molar refractivity (Wildman–Crippen MR) is 215 cm³/mol. The molecule has 0 amide bonds. The van der Waals surface area contributed by atoms with Crippen molar-refractivity contribution in [2.24, 2.45) is 5.73 Å². The number of hydrogen-bond donors (Lipinski definition) is 2. The minimum atomic E-state index is 0.0283. The molecule has 0 bridgehead atoms. The number of pyridine rings is 2. The van der Waals surface area contributed by atoms with Crippen LogP contribution in [0, 0.1) is 27.7 Å². The Morgan fingerprint density at radius 2 is 1.09 bits per heavy atom. The summed E-state index contributed by atoms with van der Waals surface area (Å²) < 4.78 is 0. The number of halogens is 1. The smallest absolute Gasteiger partial charge is 0.137 e. The zero-order valence-corrected chi connectivity index (χ0v) is 32.9. The van der Waals surface area contributed by atoms with Gasteiger partial charge in [0.1, 0.15) is 46.9 Å². The third kappa shape index (κ3) is 10.3. The van der Waals surface area contributed by atoms with Crippen LogP contribution < -0.4 is 20.9 Å². The van der Waals surface area contributed by atoms with Crippen LogP contribution >= 0.6 is 11.6 Å². The number of nitrogens with one attached hydrogen (secondary N) is 1. The zero-order chi connectivity index (χ0) is 38.9. The number of fused-ring (bicyclic) bond motifs is 2. The second-order valence-corrected chi connectivity index (χ2v) is 14.1. The topological polar surface area (TPSA) is 173 Å². The molecule has 0 saturated carbocycles. The van der Waals surface area contributed by atoms with Crippen molar-refractivity contribution in [3.05, 3.63) is 136 Å². The van der Waals surface area contributed by atoms with Gasteiger partial charge in [-0.25, -0.2) is 49.8 Å². The molecule has 0 saturated heterocycles. The largest absolute Gasteiger partial charge is 0.363 e. The van der Waals surface area contributed by atoms with Gasteiger partial charge in [-0.3, -0.25) is 0 Å². The summed E-state index contributed by atoms with van der Waals surface area (Å²) in [5.41, 5.74) is 14.2. The lowest BCUT2D eigenvalue weighted by atomic mass is 10.1. The molecule has 2 atom stereocenters. The Bertz CT molecular complexity index is 2140. The number of anilines is 3. The lowest BCUT2D eigenvalue weighted by Gasteiger charge is -2.30. The summed E-state index contributed by atoms with van der Waals surface area (Å²) in [6.07, 6.45) is 15.9. The molecule has 0 spiro atoms. The van der Waals surface area contributed by atoms with Crippen molar-refractivity contribution < 1.29 is 0 Å². The predicted octanol–water partition coefficient (Wildman–Crippen LogP) is 6.22. The summed E-state index contributed by atoms with van der Waals surface area (Å²) in [4.78, 5) is 47.4. The average Bonchev–Trinajstić information content (AvgIpc) is 3.19. The fourth-order valence-corrected chi connectivity index (χ4v) is 6.22. The molecule has 0 aromatic carbocycles. The summed E-state index contributed by atoms with van der Waals surface area (Å²) >= 11 is 6.12. The quantitative estimate of drug-likeness (QED) is 0.183. The van der Waals surface area contributed by atoms with Crippen molar-refractivity contribution in [1.82, 2.24) is 49.8 Å². The first-order chi connectivity index (χ1) is 26.5. The Morgan fingerprint density at radius 3 is 1.60 bits per heavy atom. The first-order valence-electron chi connectivity index (χ1n) is 18.3. The summed E-state index contributed by atoms with van der Waals surface area (Å²) in [6, 6.07) is 8.36. The molecule has 2 aliphatic heterocycles. The zero-order valence-electron chi connectivity index (χ0n) is 32.1. The highest BCUT2D eigenvalue weighted by molar-refractivity contribution is 6.30. The van der Waals surface area contributed by atoms with Crippen molar-refractivity contribution in [2.75, 3.05) is 28.2 Å². The maximum absolute atomic E-state index is 6.12. The van der Waals surface area contributed by atoms with E-state index in [1.54, 1.807) is 18.7 Å². The summed E-state index contributed by atoms with van der Waals surface area (Å²) in [7, 11) is 0. The minimum absolute atomic E-state index is 0.0283. The number of aryl methyl sites for hydroxylation is 4. The average molecular weight is 759 g/mol. The van der Waals surface area contributed by atoms with E-state index in [4.69, 9.17) is 17.3 Å². The Hall–Kier alpha value is -5.73. The first-order valence-corrected chi connectivity index (χ1v) is 18.7. The number of nitrogens with zero attached hydrogens (tertiary/aromatic N) is 12.